The highest BCUT2D eigenvalue weighted by Crippen LogP contribution is 2.37. The average molecular weight is 582 g/mol. The SMILES string of the molecule is COC1=CC(=C(S(=O)(=O)c2ccccc2)S(=O)(=O)c2ccccc2)C=C(OC)N1Cc1cc(C(C)C)ccc1O. The van der Waals surface area contributed by atoms with Crippen molar-refractivity contribution in [3.63, 3.8) is 0 Å². The first-order valence-corrected chi connectivity index (χ1v) is 15.4. The first-order valence-electron chi connectivity index (χ1n) is 12.5. The number of sulfone groups is 2. The Balaban J connectivity index is 1.95. The third-order valence-electron chi connectivity index (χ3n) is 6.44. The molecule has 1 aliphatic heterocycles. The molecule has 3 aromatic carbocycles. The molecule has 0 amide bonds. The number of benzene rings is 3. The second-order valence-electron chi connectivity index (χ2n) is 9.38. The summed E-state index contributed by atoms with van der Waals surface area (Å²) in [6.45, 7) is 4.19. The topological polar surface area (TPSA) is 110 Å². The van der Waals surface area contributed by atoms with E-state index in [1.165, 1.54) is 74.9 Å². The summed E-state index contributed by atoms with van der Waals surface area (Å²) in [5, 5.41) is 10.6. The van der Waals surface area contributed by atoms with Gasteiger partial charge in [0, 0.05) is 23.3 Å². The fraction of sp³-hybridized carbons (Fsp3) is 0.200. The molecule has 40 heavy (non-hydrogen) atoms. The minimum absolute atomic E-state index is 0.0654. The second kappa shape index (κ2) is 11.6. The van der Waals surface area contributed by atoms with Gasteiger partial charge >= 0.3 is 0 Å². The van der Waals surface area contributed by atoms with Crippen LogP contribution in [0.4, 0.5) is 0 Å². The van der Waals surface area contributed by atoms with Crippen molar-refractivity contribution in [2.24, 2.45) is 0 Å². The van der Waals surface area contributed by atoms with Gasteiger partial charge in [0.25, 0.3) is 0 Å². The second-order valence-corrected chi connectivity index (χ2v) is 13.4. The highest BCUT2D eigenvalue weighted by molar-refractivity contribution is 8.14. The molecule has 0 unspecified atom stereocenters. The number of methoxy groups -OCH3 is 2. The van der Waals surface area contributed by atoms with E-state index in [0.29, 0.717) is 5.56 Å². The number of rotatable bonds is 9. The molecule has 0 aromatic heterocycles. The van der Waals surface area contributed by atoms with Crippen molar-refractivity contribution < 1.29 is 31.4 Å². The summed E-state index contributed by atoms with van der Waals surface area (Å²) in [6.07, 6.45) is 2.70. The Bertz CT molecular complexity index is 1600. The number of allylic oxidation sites excluding steroid dienone is 3. The molecule has 0 fully saturated rings. The number of phenols is 1. The fourth-order valence-corrected chi connectivity index (χ4v) is 8.36. The van der Waals surface area contributed by atoms with Crippen LogP contribution in [0, 0.1) is 0 Å². The minimum atomic E-state index is -4.54. The summed E-state index contributed by atoms with van der Waals surface area (Å²) < 4.78 is 66.2. The summed E-state index contributed by atoms with van der Waals surface area (Å²) in [7, 11) is -6.30. The maximum atomic E-state index is 13.9. The van der Waals surface area contributed by atoms with E-state index in [1.807, 2.05) is 26.0 Å². The lowest BCUT2D eigenvalue weighted by Gasteiger charge is -2.31. The molecule has 0 radical (unpaired) electrons. The Kier molecular flexibility index (Phi) is 8.41. The summed E-state index contributed by atoms with van der Waals surface area (Å²) >= 11 is 0. The van der Waals surface area contributed by atoms with Gasteiger partial charge in [0.15, 0.2) is 16.0 Å². The lowest BCUT2D eigenvalue weighted by Crippen LogP contribution is -2.28. The largest absolute Gasteiger partial charge is 0.508 e. The Labute approximate surface area is 235 Å². The van der Waals surface area contributed by atoms with E-state index in [-0.39, 0.29) is 45.3 Å². The van der Waals surface area contributed by atoms with Crippen LogP contribution in [0.1, 0.15) is 30.9 Å². The van der Waals surface area contributed by atoms with Crippen molar-refractivity contribution in [2.45, 2.75) is 36.1 Å². The maximum absolute atomic E-state index is 13.9. The van der Waals surface area contributed by atoms with Crippen molar-refractivity contribution in [2.75, 3.05) is 14.2 Å². The number of nitrogens with zero attached hydrogens (tertiary/aromatic N) is 1. The monoisotopic (exact) mass is 581 g/mol. The van der Waals surface area contributed by atoms with Gasteiger partial charge in [-0.1, -0.05) is 62.4 Å². The molecule has 1 N–H and O–H groups in total. The predicted molar refractivity (Wildman–Crippen MR) is 152 cm³/mol. The summed E-state index contributed by atoms with van der Waals surface area (Å²) in [6, 6.07) is 20.1. The molecule has 3 aromatic rings. The summed E-state index contributed by atoms with van der Waals surface area (Å²) in [5.74, 6) is 0.551. The zero-order valence-corrected chi connectivity index (χ0v) is 24.2. The summed E-state index contributed by atoms with van der Waals surface area (Å²) in [5.41, 5.74) is 1.47. The predicted octanol–water partition coefficient (Wildman–Crippen LogP) is 5.47. The van der Waals surface area contributed by atoms with Crippen LogP contribution < -0.4 is 0 Å². The minimum Gasteiger partial charge on any atom is -0.508 e. The Morgan fingerprint density at radius 2 is 1.25 bits per heavy atom. The quantitative estimate of drug-likeness (QED) is 0.355. The highest BCUT2D eigenvalue weighted by Gasteiger charge is 2.38. The van der Waals surface area contributed by atoms with Crippen LogP contribution in [0.5, 0.6) is 5.75 Å². The van der Waals surface area contributed by atoms with Gasteiger partial charge in [-0.25, -0.2) is 16.8 Å². The van der Waals surface area contributed by atoms with E-state index in [2.05, 4.69) is 0 Å². The molecule has 0 spiro atoms. The van der Waals surface area contributed by atoms with Crippen molar-refractivity contribution in [3.05, 3.63) is 124 Å². The van der Waals surface area contributed by atoms with Crippen molar-refractivity contribution in [1.82, 2.24) is 4.90 Å². The third kappa shape index (κ3) is 5.64. The van der Waals surface area contributed by atoms with Crippen LogP contribution in [0.3, 0.4) is 0 Å². The molecule has 1 aliphatic rings. The van der Waals surface area contributed by atoms with Crippen LogP contribution in [0.15, 0.2) is 122 Å². The molecule has 210 valence electrons. The van der Waals surface area contributed by atoms with Crippen molar-refractivity contribution in [1.29, 1.82) is 0 Å². The highest BCUT2D eigenvalue weighted by atomic mass is 32.3. The van der Waals surface area contributed by atoms with Crippen LogP contribution in [0.2, 0.25) is 0 Å². The van der Waals surface area contributed by atoms with Crippen molar-refractivity contribution in [3.8, 4) is 5.75 Å². The van der Waals surface area contributed by atoms with Crippen molar-refractivity contribution >= 4 is 19.7 Å². The third-order valence-corrected chi connectivity index (χ3v) is 11.0. The molecule has 0 aliphatic carbocycles. The molecular formula is C30H31NO7S2. The van der Waals surface area contributed by atoms with E-state index < -0.39 is 23.9 Å². The number of hydrogen-bond donors (Lipinski definition) is 1. The van der Waals surface area contributed by atoms with E-state index in [4.69, 9.17) is 9.47 Å². The lowest BCUT2D eigenvalue weighted by atomic mass is 10.00. The Hall–Kier alpha value is -4.02. The van der Waals surface area contributed by atoms with Crippen LogP contribution in [-0.4, -0.2) is 41.1 Å². The van der Waals surface area contributed by atoms with Gasteiger partial charge in [-0.15, -0.1) is 0 Å². The van der Waals surface area contributed by atoms with Gasteiger partial charge in [0.2, 0.25) is 19.7 Å². The molecule has 8 nitrogen and oxygen atoms in total. The Morgan fingerprint density at radius 3 is 1.68 bits per heavy atom. The number of hydrogen-bond acceptors (Lipinski definition) is 8. The van der Waals surface area contributed by atoms with Gasteiger partial charge in [-0.3, -0.25) is 4.90 Å². The number of ether oxygens (including phenoxy) is 2. The lowest BCUT2D eigenvalue weighted by molar-refractivity contribution is 0.0990. The van der Waals surface area contributed by atoms with Crippen LogP contribution in [0.25, 0.3) is 0 Å². The van der Waals surface area contributed by atoms with E-state index in [0.717, 1.165) is 5.56 Å². The maximum Gasteiger partial charge on any atom is 0.218 e. The standard InChI is InChI=1S/C30H31NO7S2/c1-21(2)22-15-16-27(32)24(17-22)20-31-28(37-3)18-23(19-29(31)38-4)30(39(33,34)25-11-7-5-8-12-25)40(35,36)26-13-9-6-10-14-26/h5-19,21,32H,20H2,1-4H3. The summed E-state index contributed by atoms with van der Waals surface area (Å²) in [4.78, 5) is 1.24. The van der Waals surface area contributed by atoms with E-state index >= 15 is 0 Å². The molecular weight excluding hydrogens is 550 g/mol. The zero-order chi connectivity index (χ0) is 29.1. The van der Waals surface area contributed by atoms with Gasteiger partial charge < -0.3 is 14.6 Å². The molecule has 0 atom stereocenters. The molecule has 1 heterocycles. The molecule has 10 heteroatoms. The molecule has 0 saturated heterocycles. The number of phenolic OH excluding ortho intramolecular Hbond substituents is 1. The van der Waals surface area contributed by atoms with Gasteiger partial charge in [0.1, 0.15) is 5.75 Å². The van der Waals surface area contributed by atoms with Gasteiger partial charge in [-0.2, -0.15) is 0 Å². The zero-order valence-electron chi connectivity index (χ0n) is 22.6. The van der Waals surface area contributed by atoms with Gasteiger partial charge in [-0.05, 0) is 41.8 Å². The van der Waals surface area contributed by atoms with E-state index in [9.17, 15) is 21.9 Å². The molecule has 0 bridgehead atoms. The smallest absolute Gasteiger partial charge is 0.218 e. The number of aromatic hydroxyl groups is 1. The molecule has 4 rings (SSSR count). The average Bonchev–Trinajstić information content (AvgIpc) is 2.95. The van der Waals surface area contributed by atoms with E-state index in [1.54, 1.807) is 23.1 Å². The van der Waals surface area contributed by atoms with Crippen LogP contribution in [-0.2, 0) is 35.7 Å². The first-order chi connectivity index (χ1) is 19.0. The normalized spacial score (nSPS) is 14.0. The first kappa shape index (κ1) is 29.0. The molecule has 0 saturated carbocycles. The van der Waals surface area contributed by atoms with Gasteiger partial charge in [0.05, 0.1) is 30.6 Å². The van der Waals surface area contributed by atoms with Crippen LogP contribution >= 0.6 is 0 Å². The fourth-order valence-electron chi connectivity index (χ4n) is 4.31. The Morgan fingerprint density at radius 1 is 0.775 bits per heavy atom.